The fourth-order valence-corrected chi connectivity index (χ4v) is 3.55. The highest BCUT2D eigenvalue weighted by Crippen LogP contribution is 2.34. The Labute approximate surface area is 198 Å². The molecule has 1 heterocycles. The van der Waals surface area contributed by atoms with Crippen molar-refractivity contribution in [1.82, 2.24) is 10.3 Å². The van der Waals surface area contributed by atoms with Crippen molar-refractivity contribution in [2.24, 2.45) is 0 Å². The molecule has 35 heavy (non-hydrogen) atoms. The molecule has 0 aliphatic heterocycles. The van der Waals surface area contributed by atoms with Crippen LogP contribution in [0, 0.1) is 0 Å². The molecule has 10 heteroatoms. The van der Waals surface area contributed by atoms with Crippen LogP contribution >= 0.6 is 0 Å². The number of aromatic nitrogens is 1. The van der Waals surface area contributed by atoms with E-state index in [4.69, 9.17) is 4.74 Å². The van der Waals surface area contributed by atoms with Gasteiger partial charge in [-0.1, -0.05) is 42.5 Å². The van der Waals surface area contributed by atoms with Gasteiger partial charge in [-0.15, -0.1) is 0 Å². The number of methoxy groups -OCH3 is 1. The van der Waals surface area contributed by atoms with Crippen LogP contribution in [0.1, 0.15) is 28.5 Å². The second kappa shape index (κ2) is 11.2. The van der Waals surface area contributed by atoms with E-state index >= 15 is 0 Å². The lowest BCUT2D eigenvalue weighted by Gasteiger charge is -2.21. The molecule has 3 aromatic rings. The Hall–Kier alpha value is -2.95. The van der Waals surface area contributed by atoms with E-state index in [1.165, 1.54) is 13.2 Å². The Morgan fingerprint density at radius 1 is 0.914 bits per heavy atom. The van der Waals surface area contributed by atoms with Crippen LogP contribution in [0.4, 0.5) is 26.3 Å². The Morgan fingerprint density at radius 2 is 1.57 bits per heavy atom. The minimum absolute atomic E-state index is 0.0619. The van der Waals surface area contributed by atoms with Gasteiger partial charge in [-0.05, 0) is 41.8 Å². The van der Waals surface area contributed by atoms with Crippen LogP contribution in [-0.4, -0.2) is 36.4 Å². The summed E-state index contributed by atoms with van der Waals surface area (Å²) in [4.78, 5) is 3.57. The van der Waals surface area contributed by atoms with E-state index in [2.05, 4.69) is 10.3 Å². The summed E-state index contributed by atoms with van der Waals surface area (Å²) < 4.78 is 84.2. The van der Waals surface area contributed by atoms with Crippen molar-refractivity contribution in [3.63, 3.8) is 0 Å². The van der Waals surface area contributed by atoms with Crippen LogP contribution in [0.5, 0.6) is 0 Å². The molecule has 0 spiro atoms. The van der Waals surface area contributed by atoms with Crippen molar-refractivity contribution < 1.29 is 36.2 Å². The SMILES string of the molecule is COC[C@H](Cc1ccccc1)NC[C@H](O)c1cc(-c2ccc(C(F)(F)F)cc2)nc(C(F)(F)F)c1. The summed E-state index contributed by atoms with van der Waals surface area (Å²) in [5.41, 5.74) is -1.36. The molecule has 2 N–H and O–H groups in total. The first kappa shape index (κ1) is 26.7. The van der Waals surface area contributed by atoms with E-state index in [-0.39, 0.29) is 29.4 Å². The fourth-order valence-electron chi connectivity index (χ4n) is 3.55. The van der Waals surface area contributed by atoms with Crippen LogP contribution in [0.25, 0.3) is 11.3 Å². The summed E-state index contributed by atoms with van der Waals surface area (Å²) in [7, 11) is 1.52. The van der Waals surface area contributed by atoms with Gasteiger partial charge in [-0.2, -0.15) is 26.3 Å². The number of rotatable bonds is 9. The third kappa shape index (κ3) is 7.51. The normalized spacial score (nSPS) is 14.1. The molecule has 4 nitrogen and oxygen atoms in total. The molecule has 0 aliphatic rings. The van der Waals surface area contributed by atoms with E-state index in [9.17, 15) is 31.4 Å². The number of hydrogen-bond donors (Lipinski definition) is 2. The number of nitrogens with one attached hydrogen (secondary N) is 1. The van der Waals surface area contributed by atoms with Gasteiger partial charge in [0.15, 0.2) is 0 Å². The van der Waals surface area contributed by atoms with Gasteiger partial charge in [0.25, 0.3) is 0 Å². The first-order valence-corrected chi connectivity index (χ1v) is 10.7. The van der Waals surface area contributed by atoms with Gasteiger partial charge in [-0.3, -0.25) is 0 Å². The smallest absolute Gasteiger partial charge is 0.387 e. The molecule has 0 saturated carbocycles. The largest absolute Gasteiger partial charge is 0.433 e. The van der Waals surface area contributed by atoms with E-state index in [0.717, 1.165) is 35.9 Å². The van der Waals surface area contributed by atoms with Crippen molar-refractivity contribution >= 4 is 0 Å². The summed E-state index contributed by atoms with van der Waals surface area (Å²) in [6, 6.07) is 14.9. The number of nitrogens with zero attached hydrogens (tertiary/aromatic N) is 1. The fraction of sp³-hybridized carbons (Fsp3) is 0.320. The van der Waals surface area contributed by atoms with Crippen LogP contribution in [0.15, 0.2) is 66.7 Å². The highest BCUT2D eigenvalue weighted by molar-refractivity contribution is 5.61. The highest BCUT2D eigenvalue weighted by Gasteiger charge is 2.34. The van der Waals surface area contributed by atoms with Gasteiger partial charge in [0.1, 0.15) is 5.69 Å². The number of halogens is 6. The van der Waals surface area contributed by atoms with Crippen LogP contribution < -0.4 is 5.32 Å². The summed E-state index contributed by atoms with van der Waals surface area (Å²) in [5.74, 6) is 0. The summed E-state index contributed by atoms with van der Waals surface area (Å²) in [6.45, 7) is 0.233. The average Bonchev–Trinajstić information content (AvgIpc) is 2.82. The number of ether oxygens (including phenoxy) is 1. The van der Waals surface area contributed by atoms with Crippen molar-refractivity contribution in [2.75, 3.05) is 20.3 Å². The predicted molar refractivity (Wildman–Crippen MR) is 118 cm³/mol. The topological polar surface area (TPSA) is 54.4 Å². The van der Waals surface area contributed by atoms with E-state index in [1.807, 2.05) is 30.3 Å². The molecular formula is C25H24F6N2O2. The van der Waals surface area contributed by atoms with Crippen LogP contribution in [0.3, 0.4) is 0 Å². The predicted octanol–water partition coefficient (Wildman–Crippen LogP) is 5.67. The lowest BCUT2D eigenvalue weighted by Crippen LogP contribution is -2.38. The standard InChI is InChI=1S/C25H24F6N2O2/c1-35-15-20(11-16-5-3-2-4-6-16)32-14-22(34)18-12-21(33-23(13-18)25(29,30)31)17-7-9-19(10-8-17)24(26,27)28/h2-10,12-13,20,22,32,34H,11,14-15H2,1H3/t20-,22-/m0/s1. The monoisotopic (exact) mass is 498 g/mol. The lowest BCUT2D eigenvalue weighted by atomic mass is 10.0. The molecule has 0 fully saturated rings. The third-order valence-corrected chi connectivity index (χ3v) is 5.32. The highest BCUT2D eigenvalue weighted by atomic mass is 19.4. The van der Waals surface area contributed by atoms with E-state index in [1.54, 1.807) is 0 Å². The summed E-state index contributed by atoms with van der Waals surface area (Å²) in [6.07, 6.45) is -10.1. The summed E-state index contributed by atoms with van der Waals surface area (Å²) in [5, 5.41) is 13.8. The van der Waals surface area contributed by atoms with Gasteiger partial charge < -0.3 is 15.2 Å². The number of pyridine rings is 1. The number of hydrogen-bond acceptors (Lipinski definition) is 4. The molecule has 188 valence electrons. The minimum atomic E-state index is -4.81. The Bertz CT molecular complexity index is 1090. The maximum absolute atomic E-state index is 13.5. The number of aliphatic hydroxyl groups is 1. The molecule has 3 rings (SSSR count). The van der Waals surface area contributed by atoms with Crippen molar-refractivity contribution in [3.05, 3.63) is 89.1 Å². The number of benzene rings is 2. The zero-order valence-corrected chi connectivity index (χ0v) is 18.7. The number of alkyl halides is 6. The van der Waals surface area contributed by atoms with Crippen LogP contribution in [0.2, 0.25) is 0 Å². The maximum Gasteiger partial charge on any atom is 0.433 e. The van der Waals surface area contributed by atoms with Gasteiger partial charge in [0.05, 0.1) is 24.0 Å². The molecule has 2 atom stereocenters. The van der Waals surface area contributed by atoms with E-state index in [0.29, 0.717) is 13.0 Å². The van der Waals surface area contributed by atoms with Gasteiger partial charge in [-0.25, -0.2) is 4.98 Å². The second-order valence-electron chi connectivity index (χ2n) is 8.01. The maximum atomic E-state index is 13.5. The Balaban J connectivity index is 1.83. The quantitative estimate of drug-likeness (QED) is 0.374. The van der Waals surface area contributed by atoms with Crippen molar-refractivity contribution in [2.45, 2.75) is 30.9 Å². The minimum Gasteiger partial charge on any atom is -0.387 e. The number of aliphatic hydroxyl groups excluding tert-OH is 1. The van der Waals surface area contributed by atoms with Crippen molar-refractivity contribution in [1.29, 1.82) is 0 Å². The molecule has 0 saturated heterocycles. The molecule has 1 aromatic heterocycles. The molecule has 0 bridgehead atoms. The third-order valence-electron chi connectivity index (χ3n) is 5.32. The zero-order valence-electron chi connectivity index (χ0n) is 18.7. The Kier molecular flexibility index (Phi) is 8.52. The van der Waals surface area contributed by atoms with Crippen molar-refractivity contribution in [3.8, 4) is 11.3 Å². The molecule has 2 aromatic carbocycles. The molecule has 0 radical (unpaired) electrons. The first-order valence-electron chi connectivity index (χ1n) is 10.7. The van der Waals surface area contributed by atoms with Gasteiger partial charge >= 0.3 is 12.4 Å². The molecule has 0 amide bonds. The Morgan fingerprint density at radius 3 is 2.14 bits per heavy atom. The zero-order chi connectivity index (χ0) is 25.6. The van der Waals surface area contributed by atoms with Crippen LogP contribution in [-0.2, 0) is 23.5 Å². The second-order valence-corrected chi connectivity index (χ2v) is 8.01. The molecule has 0 unspecified atom stereocenters. The summed E-state index contributed by atoms with van der Waals surface area (Å²) >= 11 is 0. The van der Waals surface area contributed by atoms with E-state index < -0.39 is 29.7 Å². The van der Waals surface area contributed by atoms with Gasteiger partial charge in [0, 0.05) is 25.3 Å². The molecule has 0 aliphatic carbocycles. The molecular weight excluding hydrogens is 474 g/mol. The average molecular weight is 498 g/mol. The van der Waals surface area contributed by atoms with Gasteiger partial charge in [0.2, 0.25) is 0 Å². The first-order chi connectivity index (χ1) is 16.5. The lowest BCUT2D eigenvalue weighted by molar-refractivity contribution is -0.141.